The van der Waals surface area contributed by atoms with Crippen LogP contribution in [0.15, 0.2) is 30.3 Å². The van der Waals surface area contributed by atoms with Crippen molar-refractivity contribution in [3.05, 3.63) is 35.9 Å². The third kappa shape index (κ3) is 34.8. The largest absolute Gasteiger partial charge is 0.463 e. The Balaban J connectivity index is 1.64. The standard InChI is InChI=1S/C38H66O14/c1-2-3-4-5-6-10-13-37(39)51-34-32-49-30-28-47-26-24-45-22-20-43-18-16-41-14-15-42-17-19-44-21-23-46-25-27-48-29-31-50-33-35-52-38(40)36-11-8-7-9-12-36/h7-9,11-12H,2-6,10,13-35H2,1H3. The lowest BCUT2D eigenvalue weighted by molar-refractivity contribution is -0.145. The van der Waals surface area contributed by atoms with Gasteiger partial charge in [0, 0.05) is 6.42 Å². The van der Waals surface area contributed by atoms with Crippen molar-refractivity contribution >= 4 is 11.9 Å². The zero-order valence-corrected chi connectivity index (χ0v) is 31.6. The molecule has 1 aromatic carbocycles. The van der Waals surface area contributed by atoms with E-state index in [1.165, 1.54) is 25.7 Å². The highest BCUT2D eigenvalue weighted by Gasteiger charge is 2.05. The van der Waals surface area contributed by atoms with Gasteiger partial charge in [-0.2, -0.15) is 0 Å². The SMILES string of the molecule is CCCCCCCCC(=O)OCCOCCOCCOCCOCCOCCOCCOCCOCCOCCOCCOC(=O)c1ccccc1. The molecule has 0 saturated heterocycles. The molecule has 0 saturated carbocycles. The molecule has 52 heavy (non-hydrogen) atoms. The summed E-state index contributed by atoms with van der Waals surface area (Å²) in [5.41, 5.74) is 0.523. The topological polar surface area (TPSA) is 145 Å². The minimum atomic E-state index is -0.359. The van der Waals surface area contributed by atoms with E-state index < -0.39 is 0 Å². The Kier molecular flexibility index (Phi) is 36.7. The highest BCUT2D eigenvalue weighted by Crippen LogP contribution is 2.07. The van der Waals surface area contributed by atoms with Crippen LogP contribution in [-0.4, -0.2) is 157 Å². The minimum Gasteiger partial charge on any atom is -0.463 e. The van der Waals surface area contributed by atoms with Gasteiger partial charge >= 0.3 is 11.9 Å². The molecule has 0 heterocycles. The Morgan fingerprint density at radius 3 is 1.06 bits per heavy atom. The van der Waals surface area contributed by atoms with Crippen molar-refractivity contribution in [2.24, 2.45) is 0 Å². The molecule has 1 rings (SSSR count). The molecule has 14 nitrogen and oxygen atoms in total. The zero-order valence-electron chi connectivity index (χ0n) is 31.6. The summed E-state index contributed by atoms with van der Waals surface area (Å²) in [6.07, 6.45) is 7.40. The summed E-state index contributed by atoms with van der Waals surface area (Å²) < 4.78 is 64.9. The number of carbonyl (C=O) groups excluding carboxylic acids is 2. The number of benzene rings is 1. The highest BCUT2D eigenvalue weighted by molar-refractivity contribution is 5.89. The molecule has 0 spiro atoms. The molecule has 0 N–H and O–H groups in total. The van der Waals surface area contributed by atoms with Gasteiger partial charge in [-0.1, -0.05) is 57.2 Å². The van der Waals surface area contributed by atoms with E-state index in [1.54, 1.807) is 24.3 Å². The number of esters is 2. The van der Waals surface area contributed by atoms with Gasteiger partial charge in [-0.15, -0.1) is 0 Å². The molecule has 302 valence electrons. The van der Waals surface area contributed by atoms with Crippen molar-refractivity contribution in [1.29, 1.82) is 0 Å². The number of unbranched alkanes of at least 4 members (excludes halogenated alkanes) is 5. The summed E-state index contributed by atoms with van der Waals surface area (Å²) in [6.45, 7) is 11.9. The lowest BCUT2D eigenvalue weighted by Gasteiger charge is -2.09. The summed E-state index contributed by atoms with van der Waals surface area (Å²) in [7, 11) is 0. The Labute approximate surface area is 311 Å². The van der Waals surface area contributed by atoms with Crippen LogP contribution in [0.1, 0.15) is 62.2 Å². The van der Waals surface area contributed by atoms with Gasteiger partial charge in [0.05, 0.1) is 138 Å². The van der Waals surface area contributed by atoms with Crippen LogP contribution in [0, 0.1) is 0 Å². The van der Waals surface area contributed by atoms with Crippen LogP contribution < -0.4 is 0 Å². The summed E-state index contributed by atoms with van der Waals surface area (Å²) in [5.74, 6) is -0.507. The van der Waals surface area contributed by atoms with Gasteiger partial charge in [0.15, 0.2) is 0 Å². The highest BCUT2D eigenvalue weighted by atomic mass is 16.6. The van der Waals surface area contributed by atoms with E-state index in [1.807, 2.05) is 6.07 Å². The molecule has 0 aliphatic rings. The molecule has 1 aromatic rings. The first kappa shape index (κ1) is 47.8. The maximum Gasteiger partial charge on any atom is 0.338 e. The van der Waals surface area contributed by atoms with Crippen molar-refractivity contribution < 1.29 is 66.4 Å². The normalized spacial score (nSPS) is 11.2. The molecule has 0 radical (unpaired) electrons. The van der Waals surface area contributed by atoms with Crippen molar-refractivity contribution in [3.8, 4) is 0 Å². The van der Waals surface area contributed by atoms with Gasteiger partial charge in [-0.3, -0.25) is 4.79 Å². The van der Waals surface area contributed by atoms with E-state index in [0.717, 1.165) is 12.8 Å². The fourth-order valence-corrected chi connectivity index (χ4v) is 4.27. The van der Waals surface area contributed by atoms with E-state index in [9.17, 15) is 9.59 Å². The summed E-state index contributed by atoms with van der Waals surface area (Å²) in [4.78, 5) is 23.5. The van der Waals surface area contributed by atoms with E-state index >= 15 is 0 Å². The van der Waals surface area contributed by atoms with Crippen LogP contribution in [0.3, 0.4) is 0 Å². The Bertz CT molecular complexity index is 892. The number of carbonyl (C=O) groups is 2. The van der Waals surface area contributed by atoms with E-state index in [2.05, 4.69) is 6.92 Å². The molecule has 0 unspecified atom stereocenters. The smallest absolute Gasteiger partial charge is 0.338 e. The molecule has 0 fully saturated rings. The van der Waals surface area contributed by atoms with Crippen molar-refractivity contribution in [2.75, 3.05) is 145 Å². The molecule has 14 heteroatoms. The zero-order chi connectivity index (χ0) is 37.3. The van der Waals surface area contributed by atoms with Crippen LogP contribution in [0.4, 0.5) is 0 Å². The second-order valence-corrected chi connectivity index (χ2v) is 11.4. The van der Waals surface area contributed by atoms with E-state index in [4.69, 9.17) is 56.8 Å². The molecule has 0 amide bonds. The summed E-state index contributed by atoms with van der Waals surface area (Å²) >= 11 is 0. The third-order valence-electron chi connectivity index (χ3n) is 7.04. The third-order valence-corrected chi connectivity index (χ3v) is 7.04. The first-order valence-electron chi connectivity index (χ1n) is 18.9. The van der Waals surface area contributed by atoms with Gasteiger partial charge in [0.1, 0.15) is 13.2 Å². The molecule has 0 aliphatic carbocycles. The summed E-state index contributed by atoms with van der Waals surface area (Å²) in [6, 6.07) is 8.85. The second kappa shape index (κ2) is 40.0. The average molecular weight is 747 g/mol. The quantitative estimate of drug-likeness (QED) is 0.0694. The first-order valence-corrected chi connectivity index (χ1v) is 18.9. The monoisotopic (exact) mass is 746 g/mol. The van der Waals surface area contributed by atoms with E-state index in [-0.39, 0.29) is 25.2 Å². The van der Waals surface area contributed by atoms with Crippen LogP contribution in [-0.2, 0) is 61.6 Å². The van der Waals surface area contributed by atoms with Crippen LogP contribution in [0.5, 0.6) is 0 Å². The molecule has 0 aromatic heterocycles. The predicted molar refractivity (Wildman–Crippen MR) is 194 cm³/mol. The van der Waals surface area contributed by atoms with Crippen LogP contribution >= 0.6 is 0 Å². The van der Waals surface area contributed by atoms with Gasteiger partial charge < -0.3 is 56.8 Å². The lowest BCUT2D eigenvalue weighted by atomic mass is 10.1. The van der Waals surface area contributed by atoms with Crippen molar-refractivity contribution in [3.63, 3.8) is 0 Å². The maximum absolute atomic E-state index is 11.8. The molecular weight excluding hydrogens is 680 g/mol. The van der Waals surface area contributed by atoms with Crippen molar-refractivity contribution in [1.82, 2.24) is 0 Å². The molecule has 0 aliphatic heterocycles. The Morgan fingerprint density at radius 2 is 0.692 bits per heavy atom. The van der Waals surface area contributed by atoms with Crippen molar-refractivity contribution in [2.45, 2.75) is 51.9 Å². The first-order chi connectivity index (χ1) is 25.7. The number of hydrogen-bond acceptors (Lipinski definition) is 14. The average Bonchev–Trinajstić information content (AvgIpc) is 3.16. The molecular formula is C38H66O14. The minimum absolute atomic E-state index is 0.148. The number of ether oxygens (including phenoxy) is 12. The van der Waals surface area contributed by atoms with Gasteiger partial charge in [0.25, 0.3) is 0 Å². The molecule has 0 atom stereocenters. The second-order valence-electron chi connectivity index (χ2n) is 11.4. The lowest BCUT2D eigenvalue weighted by Crippen LogP contribution is -2.16. The Morgan fingerprint density at radius 1 is 0.385 bits per heavy atom. The molecule has 0 bridgehead atoms. The summed E-state index contributed by atoms with van der Waals surface area (Å²) in [5, 5.41) is 0. The fourth-order valence-electron chi connectivity index (χ4n) is 4.27. The predicted octanol–water partition coefficient (Wildman–Crippen LogP) is 4.30. The van der Waals surface area contributed by atoms with Gasteiger partial charge in [0.2, 0.25) is 0 Å². The van der Waals surface area contributed by atoms with E-state index in [0.29, 0.717) is 144 Å². The maximum atomic E-state index is 11.8. The van der Waals surface area contributed by atoms with Gasteiger partial charge in [-0.25, -0.2) is 4.79 Å². The van der Waals surface area contributed by atoms with Gasteiger partial charge in [-0.05, 0) is 18.6 Å². The van der Waals surface area contributed by atoms with Crippen LogP contribution in [0.25, 0.3) is 0 Å². The number of rotatable bonds is 41. The Hall–Kier alpha value is -2.24. The fraction of sp³-hybridized carbons (Fsp3) is 0.789. The number of hydrogen-bond donors (Lipinski definition) is 0. The van der Waals surface area contributed by atoms with Crippen LogP contribution in [0.2, 0.25) is 0 Å².